The normalized spacial score (nSPS) is 11.2. The standard InChI is InChI=1S/3C8H18N.C5H4F3Si.Zr/c3*1-7(2)5-9-6-8(3)4;6-9(7,8)5-3-1-2-4-5;/h3*7-8H,5-6H2,1-4H3;1-4H;/q4*-1;+4. The molecule has 0 saturated heterocycles. The largest absolute Gasteiger partial charge is 4.00 e. The average Bonchev–Trinajstić information content (AvgIpc) is 3.23. The summed E-state index contributed by atoms with van der Waals surface area (Å²) >= 11 is 0. The topological polar surface area (TPSA) is 42.3 Å². The zero-order chi connectivity index (χ0) is 28.7. The Bertz CT molecular complexity index is 480. The molecular formula is C29H58F3N3SiZr. The minimum Gasteiger partial charge on any atom is -0.662 e. The van der Waals surface area contributed by atoms with Crippen molar-refractivity contribution in [2.24, 2.45) is 35.5 Å². The number of halogens is 3. The van der Waals surface area contributed by atoms with Crippen LogP contribution >= 0.6 is 0 Å². The third-order valence-corrected chi connectivity index (χ3v) is 4.94. The number of hydrogen-bond acceptors (Lipinski definition) is 0. The van der Waals surface area contributed by atoms with Gasteiger partial charge in [0.15, 0.2) is 0 Å². The molecule has 0 fully saturated rings. The summed E-state index contributed by atoms with van der Waals surface area (Å²) in [5.74, 6) is 4.35. The first kappa shape index (κ1) is 44.1. The van der Waals surface area contributed by atoms with Crippen LogP contribution in [0.5, 0.6) is 0 Å². The van der Waals surface area contributed by atoms with Crippen LogP contribution in [0.1, 0.15) is 83.1 Å². The number of rotatable bonds is 13. The van der Waals surface area contributed by atoms with Crippen molar-refractivity contribution in [2.45, 2.75) is 83.1 Å². The van der Waals surface area contributed by atoms with Gasteiger partial charge in [-0.05, 0) is 0 Å². The second kappa shape index (κ2) is 27.7. The molecule has 218 valence electrons. The first-order valence-corrected chi connectivity index (χ1v) is 15.3. The van der Waals surface area contributed by atoms with Crippen molar-refractivity contribution < 1.29 is 38.5 Å². The molecule has 1 aromatic rings. The van der Waals surface area contributed by atoms with E-state index in [4.69, 9.17) is 0 Å². The Morgan fingerprint density at radius 2 is 0.676 bits per heavy atom. The maximum atomic E-state index is 11.8. The minimum absolute atomic E-state index is 0. The molecule has 3 nitrogen and oxygen atoms in total. The number of nitrogens with zero attached hydrogens (tertiary/aromatic N) is 3. The van der Waals surface area contributed by atoms with Crippen LogP contribution in [0.4, 0.5) is 12.3 Å². The fraction of sp³-hybridized carbons (Fsp3) is 0.828. The van der Waals surface area contributed by atoms with Gasteiger partial charge in [0.1, 0.15) is 0 Å². The fourth-order valence-corrected chi connectivity index (χ4v) is 2.91. The van der Waals surface area contributed by atoms with Gasteiger partial charge in [0.2, 0.25) is 0 Å². The van der Waals surface area contributed by atoms with Gasteiger partial charge < -0.3 is 16.0 Å². The zero-order valence-electron chi connectivity index (χ0n) is 26.0. The van der Waals surface area contributed by atoms with Crippen LogP contribution in [0.25, 0.3) is 16.0 Å². The van der Waals surface area contributed by atoms with Gasteiger partial charge in [-0.3, -0.25) is 0 Å². The van der Waals surface area contributed by atoms with Gasteiger partial charge in [-0.1, -0.05) is 124 Å². The Labute approximate surface area is 249 Å². The van der Waals surface area contributed by atoms with Crippen molar-refractivity contribution >= 4 is 14.3 Å². The molecule has 1 aromatic carbocycles. The van der Waals surface area contributed by atoms with E-state index in [1.165, 1.54) is 12.1 Å². The third kappa shape index (κ3) is 43.4. The van der Waals surface area contributed by atoms with Crippen LogP contribution in [0.3, 0.4) is 0 Å². The molecule has 8 heteroatoms. The second-order valence-corrected chi connectivity index (χ2v) is 13.4. The van der Waals surface area contributed by atoms with Gasteiger partial charge >= 0.3 is 35.3 Å². The van der Waals surface area contributed by atoms with Crippen molar-refractivity contribution in [1.82, 2.24) is 0 Å². The van der Waals surface area contributed by atoms with Gasteiger partial charge in [-0.2, -0.15) is 12.1 Å². The maximum absolute atomic E-state index is 11.8. The van der Waals surface area contributed by atoms with Crippen molar-refractivity contribution in [3.8, 4) is 0 Å². The quantitative estimate of drug-likeness (QED) is 0.119. The molecule has 0 N–H and O–H groups in total. The van der Waals surface area contributed by atoms with Crippen LogP contribution in [0.15, 0.2) is 24.3 Å². The first-order chi connectivity index (χ1) is 16.5. The van der Waals surface area contributed by atoms with Gasteiger partial charge in [0, 0.05) is 0 Å². The minimum atomic E-state index is -5.48. The summed E-state index contributed by atoms with van der Waals surface area (Å²) in [6, 6.07) is 5.00. The predicted molar refractivity (Wildman–Crippen MR) is 159 cm³/mol. The summed E-state index contributed by atoms with van der Waals surface area (Å²) in [5, 5.41) is 12.7. The van der Waals surface area contributed by atoms with Crippen molar-refractivity contribution in [1.29, 1.82) is 0 Å². The van der Waals surface area contributed by atoms with Crippen LogP contribution in [0.2, 0.25) is 0 Å². The van der Waals surface area contributed by atoms with Crippen LogP contribution in [0, 0.1) is 35.5 Å². The summed E-state index contributed by atoms with van der Waals surface area (Å²) in [5.41, 5.74) is 0. The molecule has 0 radical (unpaired) electrons. The summed E-state index contributed by atoms with van der Waals surface area (Å²) < 4.78 is 35.3. The summed E-state index contributed by atoms with van der Waals surface area (Å²) in [4.78, 5) is 0. The Kier molecular flexibility index (Phi) is 33.0. The van der Waals surface area contributed by atoms with E-state index in [0.717, 1.165) is 86.9 Å². The molecule has 0 spiro atoms. The van der Waals surface area contributed by atoms with E-state index in [9.17, 15) is 12.3 Å². The molecule has 0 aliphatic carbocycles. The van der Waals surface area contributed by atoms with E-state index in [0.29, 0.717) is 0 Å². The van der Waals surface area contributed by atoms with Crippen molar-refractivity contribution in [2.75, 3.05) is 39.3 Å². The van der Waals surface area contributed by atoms with E-state index in [2.05, 4.69) is 99.0 Å². The van der Waals surface area contributed by atoms with Gasteiger partial charge in [0.25, 0.3) is 0 Å². The molecule has 1 rings (SSSR count). The molecule has 0 bridgehead atoms. The molecule has 0 atom stereocenters. The van der Waals surface area contributed by atoms with Crippen LogP contribution in [-0.4, -0.2) is 48.3 Å². The Morgan fingerprint density at radius 3 is 0.784 bits per heavy atom. The molecule has 0 aliphatic heterocycles. The molecule has 37 heavy (non-hydrogen) atoms. The Balaban J connectivity index is -0.000000194. The third-order valence-electron chi connectivity index (χ3n) is 3.96. The SMILES string of the molecule is CC(C)C[N-]CC(C)C.CC(C)C[N-]CC(C)C.CC(C)C[N-]CC(C)C.F[Si](F)(F)[c-]1cccc1.[Zr+4]. The Hall–Kier alpha value is 0.120. The smallest absolute Gasteiger partial charge is 0.662 e. The molecule has 0 heterocycles. The molecule has 0 unspecified atom stereocenters. The molecule has 0 aliphatic rings. The van der Waals surface area contributed by atoms with Crippen LogP contribution in [-0.2, 0) is 26.2 Å². The van der Waals surface area contributed by atoms with Gasteiger partial charge in [-0.25, -0.2) is 24.5 Å². The van der Waals surface area contributed by atoms with Crippen molar-refractivity contribution in [3.05, 3.63) is 40.2 Å². The monoisotopic (exact) mass is 623 g/mol. The molecule has 0 aromatic heterocycles. The molecule has 0 amide bonds. The predicted octanol–water partition coefficient (Wildman–Crippen LogP) is 9.47. The van der Waals surface area contributed by atoms with E-state index in [-0.39, 0.29) is 26.2 Å². The molecular weight excluding hydrogens is 567 g/mol. The summed E-state index contributed by atoms with van der Waals surface area (Å²) in [7, 11) is -5.48. The van der Waals surface area contributed by atoms with E-state index in [1.807, 2.05) is 0 Å². The second-order valence-electron chi connectivity index (χ2n) is 11.8. The van der Waals surface area contributed by atoms with Gasteiger partial charge in [0.05, 0.1) is 0 Å². The molecule has 0 saturated carbocycles. The number of hydrogen-bond donors (Lipinski definition) is 0. The van der Waals surface area contributed by atoms with E-state index >= 15 is 0 Å². The average molecular weight is 625 g/mol. The summed E-state index contributed by atoms with van der Waals surface area (Å²) in [6.45, 7) is 32.5. The van der Waals surface area contributed by atoms with Gasteiger partial charge in [-0.15, -0.1) is 39.3 Å². The van der Waals surface area contributed by atoms with E-state index < -0.39 is 14.3 Å². The zero-order valence-corrected chi connectivity index (χ0v) is 29.4. The first-order valence-electron chi connectivity index (χ1n) is 13.7. The van der Waals surface area contributed by atoms with E-state index in [1.54, 1.807) is 0 Å². The Morgan fingerprint density at radius 1 is 0.486 bits per heavy atom. The fourth-order valence-electron chi connectivity index (χ4n) is 2.34. The van der Waals surface area contributed by atoms with Crippen molar-refractivity contribution in [3.63, 3.8) is 0 Å². The van der Waals surface area contributed by atoms with Crippen LogP contribution < -0.4 is 5.19 Å². The maximum Gasteiger partial charge on any atom is 4.00 e. The summed E-state index contributed by atoms with van der Waals surface area (Å²) in [6.07, 6.45) is 0.